The minimum Gasteiger partial charge on any atom is -0.497 e. The van der Waals surface area contributed by atoms with E-state index in [1.165, 1.54) is 5.56 Å². The van der Waals surface area contributed by atoms with Crippen LogP contribution in [0.3, 0.4) is 0 Å². The Morgan fingerprint density at radius 3 is 2.61 bits per heavy atom. The molecule has 0 amide bonds. The van der Waals surface area contributed by atoms with Gasteiger partial charge in [-0.15, -0.1) is 0 Å². The van der Waals surface area contributed by atoms with Crippen molar-refractivity contribution in [1.82, 2.24) is 5.32 Å². The summed E-state index contributed by atoms with van der Waals surface area (Å²) in [6.45, 7) is 4.23. The van der Waals surface area contributed by atoms with Crippen molar-refractivity contribution in [1.29, 1.82) is 0 Å². The molecule has 0 aliphatic heterocycles. The minimum absolute atomic E-state index is 0.182. The monoisotopic (exact) mass is 245 g/mol. The van der Waals surface area contributed by atoms with E-state index in [2.05, 4.69) is 25.2 Å². The predicted octanol–water partition coefficient (Wildman–Crippen LogP) is 3.70. The van der Waals surface area contributed by atoms with E-state index in [0.717, 1.165) is 11.5 Å². The number of ether oxygens (including phenoxy) is 1. The predicted molar refractivity (Wildman–Crippen MR) is 71.7 cm³/mol. The Morgan fingerprint density at radius 2 is 1.94 bits per heavy atom. The molecule has 3 nitrogen and oxygen atoms in total. The van der Waals surface area contributed by atoms with E-state index in [1.54, 1.807) is 13.4 Å². The molecule has 96 valence electrons. The standard InChI is InChI=1S/C15H19NO2/c1-11(13-6-4-7-14(10-13)17-3)16-12(2)15-8-5-9-18-15/h4-12,16H,1-3H3/t11-,12?/m0/s1. The number of hydrogen-bond donors (Lipinski definition) is 1. The maximum Gasteiger partial charge on any atom is 0.120 e. The van der Waals surface area contributed by atoms with Crippen LogP contribution in [0.2, 0.25) is 0 Å². The SMILES string of the molecule is COc1cccc([C@H](C)NC(C)c2ccco2)c1. The van der Waals surface area contributed by atoms with Gasteiger partial charge in [0.05, 0.1) is 19.4 Å². The molecular formula is C15H19NO2. The molecule has 2 rings (SSSR count). The van der Waals surface area contributed by atoms with Gasteiger partial charge in [0.15, 0.2) is 0 Å². The zero-order valence-corrected chi connectivity index (χ0v) is 11.0. The van der Waals surface area contributed by atoms with E-state index < -0.39 is 0 Å². The van der Waals surface area contributed by atoms with Crippen LogP contribution < -0.4 is 10.1 Å². The molecule has 0 fully saturated rings. The fraction of sp³-hybridized carbons (Fsp3) is 0.333. The van der Waals surface area contributed by atoms with Gasteiger partial charge in [-0.2, -0.15) is 0 Å². The lowest BCUT2D eigenvalue weighted by Crippen LogP contribution is -2.22. The van der Waals surface area contributed by atoms with Gasteiger partial charge in [0.2, 0.25) is 0 Å². The van der Waals surface area contributed by atoms with Crippen LogP contribution in [0, 0.1) is 0 Å². The summed E-state index contributed by atoms with van der Waals surface area (Å²) in [5, 5.41) is 3.50. The highest BCUT2D eigenvalue weighted by atomic mass is 16.5. The van der Waals surface area contributed by atoms with Crippen molar-refractivity contribution in [3.8, 4) is 5.75 Å². The van der Waals surface area contributed by atoms with E-state index in [-0.39, 0.29) is 12.1 Å². The van der Waals surface area contributed by atoms with Crippen LogP contribution >= 0.6 is 0 Å². The number of furan rings is 1. The fourth-order valence-corrected chi connectivity index (χ4v) is 2.00. The first kappa shape index (κ1) is 12.7. The average Bonchev–Trinajstić information content (AvgIpc) is 2.92. The summed E-state index contributed by atoms with van der Waals surface area (Å²) in [4.78, 5) is 0. The van der Waals surface area contributed by atoms with Crippen LogP contribution in [-0.2, 0) is 0 Å². The van der Waals surface area contributed by atoms with Gasteiger partial charge in [-0.05, 0) is 43.7 Å². The topological polar surface area (TPSA) is 34.4 Å². The summed E-state index contributed by atoms with van der Waals surface area (Å²) in [6.07, 6.45) is 1.70. The number of nitrogens with one attached hydrogen (secondary N) is 1. The second-order valence-electron chi connectivity index (χ2n) is 4.40. The molecule has 0 saturated heterocycles. The molecule has 1 heterocycles. The van der Waals surface area contributed by atoms with Crippen LogP contribution in [0.25, 0.3) is 0 Å². The smallest absolute Gasteiger partial charge is 0.120 e. The van der Waals surface area contributed by atoms with Gasteiger partial charge in [0.25, 0.3) is 0 Å². The van der Waals surface area contributed by atoms with E-state index in [0.29, 0.717) is 0 Å². The van der Waals surface area contributed by atoms with Gasteiger partial charge in [0, 0.05) is 6.04 Å². The molecule has 3 heteroatoms. The maximum absolute atomic E-state index is 5.39. The molecule has 1 unspecified atom stereocenters. The number of hydrogen-bond acceptors (Lipinski definition) is 3. The normalized spacial score (nSPS) is 14.2. The molecule has 0 spiro atoms. The molecule has 2 atom stereocenters. The second kappa shape index (κ2) is 5.74. The fourth-order valence-electron chi connectivity index (χ4n) is 2.00. The Hall–Kier alpha value is -1.74. The van der Waals surface area contributed by atoms with Crippen LogP contribution in [-0.4, -0.2) is 7.11 Å². The summed E-state index contributed by atoms with van der Waals surface area (Å²) < 4.78 is 10.6. The highest BCUT2D eigenvalue weighted by Gasteiger charge is 2.13. The summed E-state index contributed by atoms with van der Waals surface area (Å²) in [5.74, 6) is 1.83. The number of benzene rings is 1. The van der Waals surface area contributed by atoms with Gasteiger partial charge >= 0.3 is 0 Å². The maximum atomic E-state index is 5.39. The van der Waals surface area contributed by atoms with Gasteiger partial charge in [-0.1, -0.05) is 12.1 Å². The quantitative estimate of drug-likeness (QED) is 0.872. The van der Waals surface area contributed by atoms with Crippen molar-refractivity contribution < 1.29 is 9.15 Å². The molecular weight excluding hydrogens is 226 g/mol. The molecule has 1 aromatic heterocycles. The number of rotatable bonds is 5. The Kier molecular flexibility index (Phi) is 4.05. The first-order valence-electron chi connectivity index (χ1n) is 6.14. The van der Waals surface area contributed by atoms with E-state index >= 15 is 0 Å². The third-order valence-electron chi connectivity index (χ3n) is 3.06. The third kappa shape index (κ3) is 2.93. The molecule has 0 aliphatic rings. The summed E-state index contributed by atoms with van der Waals surface area (Å²) in [6, 6.07) is 12.4. The van der Waals surface area contributed by atoms with Crippen LogP contribution in [0.5, 0.6) is 5.75 Å². The molecule has 0 saturated carbocycles. The van der Waals surface area contributed by atoms with Crippen molar-refractivity contribution in [2.75, 3.05) is 7.11 Å². The van der Waals surface area contributed by atoms with Crippen LogP contribution in [0.4, 0.5) is 0 Å². The van der Waals surface area contributed by atoms with E-state index in [9.17, 15) is 0 Å². The summed E-state index contributed by atoms with van der Waals surface area (Å²) in [7, 11) is 1.68. The lowest BCUT2D eigenvalue weighted by molar-refractivity contribution is 0.398. The van der Waals surface area contributed by atoms with Crippen molar-refractivity contribution in [3.05, 3.63) is 54.0 Å². The van der Waals surface area contributed by atoms with Crippen molar-refractivity contribution in [3.63, 3.8) is 0 Å². The first-order valence-corrected chi connectivity index (χ1v) is 6.14. The molecule has 1 N–H and O–H groups in total. The Morgan fingerprint density at radius 1 is 1.11 bits per heavy atom. The average molecular weight is 245 g/mol. The van der Waals surface area contributed by atoms with Gasteiger partial charge in [-0.3, -0.25) is 0 Å². The Bertz CT molecular complexity index is 479. The summed E-state index contributed by atoms with van der Waals surface area (Å²) >= 11 is 0. The Labute approximate surface area is 108 Å². The zero-order valence-electron chi connectivity index (χ0n) is 11.0. The largest absolute Gasteiger partial charge is 0.497 e. The van der Waals surface area contributed by atoms with Crippen molar-refractivity contribution in [2.45, 2.75) is 25.9 Å². The van der Waals surface area contributed by atoms with Crippen LogP contribution in [0.1, 0.15) is 37.3 Å². The molecule has 0 radical (unpaired) electrons. The highest BCUT2D eigenvalue weighted by molar-refractivity contribution is 5.30. The molecule has 2 aromatic rings. The molecule has 1 aromatic carbocycles. The first-order chi connectivity index (χ1) is 8.70. The van der Waals surface area contributed by atoms with Gasteiger partial charge in [0.1, 0.15) is 11.5 Å². The molecule has 0 bridgehead atoms. The lowest BCUT2D eigenvalue weighted by atomic mass is 10.1. The zero-order chi connectivity index (χ0) is 13.0. The molecule has 0 aliphatic carbocycles. The minimum atomic E-state index is 0.182. The third-order valence-corrected chi connectivity index (χ3v) is 3.06. The highest BCUT2D eigenvalue weighted by Crippen LogP contribution is 2.22. The number of methoxy groups -OCH3 is 1. The summed E-state index contributed by atoms with van der Waals surface area (Å²) in [5.41, 5.74) is 1.20. The molecule has 18 heavy (non-hydrogen) atoms. The Balaban J connectivity index is 2.04. The second-order valence-corrected chi connectivity index (χ2v) is 4.40. The van der Waals surface area contributed by atoms with Crippen molar-refractivity contribution in [2.24, 2.45) is 0 Å². The van der Waals surface area contributed by atoms with Crippen LogP contribution in [0.15, 0.2) is 47.1 Å². The van der Waals surface area contributed by atoms with Gasteiger partial charge in [-0.25, -0.2) is 0 Å². The van der Waals surface area contributed by atoms with E-state index in [4.69, 9.17) is 9.15 Å². The van der Waals surface area contributed by atoms with Crippen molar-refractivity contribution >= 4 is 0 Å². The lowest BCUT2D eigenvalue weighted by Gasteiger charge is -2.19. The van der Waals surface area contributed by atoms with Gasteiger partial charge < -0.3 is 14.5 Å². The van der Waals surface area contributed by atoms with E-state index in [1.807, 2.05) is 30.3 Å².